The molecule has 0 bridgehead atoms. The van der Waals surface area contributed by atoms with Crippen LogP contribution in [0.25, 0.3) is 11.0 Å². The predicted molar refractivity (Wildman–Crippen MR) is 172 cm³/mol. The first-order valence-electron chi connectivity index (χ1n) is 14.1. The zero-order valence-corrected chi connectivity index (χ0v) is 27.7. The Hall–Kier alpha value is -3.64. The molecular weight excluding hydrogens is 632 g/mol. The van der Waals surface area contributed by atoms with Gasteiger partial charge in [0.1, 0.15) is 11.4 Å². The Morgan fingerprint density at radius 3 is 2.49 bits per heavy atom. The zero-order valence-electron chi connectivity index (χ0n) is 25.3. The lowest BCUT2D eigenvalue weighted by atomic mass is 9.99. The SMILES string of the molecule is Cc1ccc(S(=O)(=O)n2cc(Br)c3c(NCc4cccc(N5CCN(C(=O)OC(C)(C)C)C(C)(C)C5)n4)ccnc32)cc1. The van der Waals surface area contributed by atoms with Crippen LogP contribution < -0.4 is 10.2 Å². The van der Waals surface area contributed by atoms with Gasteiger partial charge in [0.2, 0.25) is 0 Å². The molecule has 4 aromatic rings. The number of rotatable bonds is 6. The monoisotopic (exact) mass is 668 g/mol. The molecule has 1 aromatic carbocycles. The van der Waals surface area contributed by atoms with E-state index in [1.54, 1.807) is 35.4 Å². The summed E-state index contributed by atoms with van der Waals surface area (Å²) in [5, 5.41) is 4.08. The molecule has 10 nitrogen and oxygen atoms in total. The maximum absolute atomic E-state index is 13.5. The number of nitrogens with zero attached hydrogens (tertiary/aromatic N) is 5. The van der Waals surface area contributed by atoms with Gasteiger partial charge in [-0.05, 0) is 87.8 Å². The molecule has 3 aromatic heterocycles. The maximum atomic E-state index is 13.5. The van der Waals surface area contributed by atoms with Crippen LogP contribution in [0.5, 0.6) is 0 Å². The molecule has 228 valence electrons. The second-order valence-corrected chi connectivity index (χ2v) is 15.0. The first-order valence-corrected chi connectivity index (χ1v) is 16.3. The van der Waals surface area contributed by atoms with Gasteiger partial charge in [-0.15, -0.1) is 0 Å². The number of carbonyl (C=O) groups is 1. The van der Waals surface area contributed by atoms with Gasteiger partial charge in [0, 0.05) is 42.2 Å². The molecule has 0 saturated carbocycles. The van der Waals surface area contributed by atoms with Gasteiger partial charge in [-0.3, -0.25) is 4.90 Å². The molecule has 5 rings (SSSR count). The molecule has 43 heavy (non-hydrogen) atoms. The Bertz CT molecular complexity index is 1760. The number of pyridine rings is 2. The average Bonchev–Trinajstić information content (AvgIpc) is 3.28. The number of ether oxygens (including phenoxy) is 1. The normalized spacial score (nSPS) is 15.5. The van der Waals surface area contributed by atoms with Crippen LogP contribution in [-0.2, 0) is 21.3 Å². The van der Waals surface area contributed by atoms with Crippen molar-refractivity contribution in [2.75, 3.05) is 29.9 Å². The van der Waals surface area contributed by atoms with Crippen LogP contribution in [0.4, 0.5) is 16.3 Å². The first-order chi connectivity index (χ1) is 20.2. The van der Waals surface area contributed by atoms with Gasteiger partial charge in [-0.1, -0.05) is 23.8 Å². The minimum Gasteiger partial charge on any atom is -0.444 e. The minimum atomic E-state index is -3.85. The van der Waals surface area contributed by atoms with Crippen molar-refractivity contribution >= 4 is 54.6 Å². The minimum absolute atomic E-state index is 0.193. The van der Waals surface area contributed by atoms with E-state index in [1.807, 2.05) is 65.8 Å². The highest BCUT2D eigenvalue weighted by molar-refractivity contribution is 9.10. The smallest absolute Gasteiger partial charge is 0.410 e. The van der Waals surface area contributed by atoms with Crippen molar-refractivity contribution in [2.24, 2.45) is 0 Å². The van der Waals surface area contributed by atoms with Crippen LogP contribution in [0.15, 0.2) is 70.3 Å². The molecule has 1 saturated heterocycles. The molecule has 1 fully saturated rings. The van der Waals surface area contributed by atoms with Crippen molar-refractivity contribution in [1.29, 1.82) is 0 Å². The predicted octanol–water partition coefficient (Wildman–Crippen LogP) is 6.19. The van der Waals surface area contributed by atoms with Crippen molar-refractivity contribution in [1.82, 2.24) is 18.8 Å². The summed E-state index contributed by atoms with van der Waals surface area (Å²) in [5.74, 6) is 0.826. The van der Waals surface area contributed by atoms with E-state index < -0.39 is 21.2 Å². The van der Waals surface area contributed by atoms with Crippen LogP contribution in [-0.4, -0.2) is 64.1 Å². The molecule has 1 aliphatic rings. The fourth-order valence-electron chi connectivity index (χ4n) is 5.17. The molecule has 1 N–H and O–H groups in total. The van der Waals surface area contributed by atoms with Gasteiger partial charge in [0.05, 0.1) is 28.1 Å². The number of aryl methyl sites for hydroxylation is 1. The highest BCUT2D eigenvalue weighted by Gasteiger charge is 2.39. The summed E-state index contributed by atoms with van der Waals surface area (Å²) in [5.41, 5.74) is 1.85. The summed E-state index contributed by atoms with van der Waals surface area (Å²) in [4.78, 5) is 26.3. The molecule has 0 atom stereocenters. The van der Waals surface area contributed by atoms with Gasteiger partial charge in [0.25, 0.3) is 10.0 Å². The molecule has 4 heterocycles. The first kappa shape index (κ1) is 30.8. The molecule has 0 aliphatic carbocycles. The summed E-state index contributed by atoms with van der Waals surface area (Å²) < 4.78 is 34.4. The zero-order chi connectivity index (χ0) is 31.2. The number of anilines is 2. The number of halogens is 1. The van der Waals surface area contributed by atoms with Crippen molar-refractivity contribution in [3.8, 4) is 0 Å². The summed E-state index contributed by atoms with van der Waals surface area (Å²) in [7, 11) is -3.85. The standard InChI is InChI=1S/C31H37BrN6O4S/c1-21-10-12-23(13-11-21)43(40,41)38-19-24(32)27-25(14-15-33-28(27)38)34-18-22-8-7-9-26(35-22)36-16-17-37(31(5,6)20-36)29(39)42-30(2,3)4/h7-15,19H,16-18,20H2,1-6H3,(H,33,34). The van der Waals surface area contributed by atoms with E-state index in [0.717, 1.165) is 22.8 Å². The van der Waals surface area contributed by atoms with Gasteiger partial charge < -0.3 is 15.0 Å². The van der Waals surface area contributed by atoms with E-state index in [-0.39, 0.29) is 11.0 Å². The van der Waals surface area contributed by atoms with Gasteiger partial charge in [-0.25, -0.2) is 27.2 Å². The highest BCUT2D eigenvalue weighted by Crippen LogP contribution is 2.34. The number of amides is 1. The van der Waals surface area contributed by atoms with Gasteiger partial charge in [0.15, 0.2) is 5.65 Å². The number of hydrogen-bond donors (Lipinski definition) is 1. The number of nitrogens with one attached hydrogen (secondary N) is 1. The molecule has 1 amide bonds. The fraction of sp³-hybridized carbons (Fsp3) is 0.387. The van der Waals surface area contributed by atoms with E-state index >= 15 is 0 Å². The molecule has 0 spiro atoms. The van der Waals surface area contributed by atoms with E-state index in [4.69, 9.17) is 9.72 Å². The Labute approximate surface area is 261 Å². The van der Waals surface area contributed by atoms with Crippen molar-refractivity contribution in [3.05, 3.63) is 76.7 Å². The van der Waals surface area contributed by atoms with Crippen molar-refractivity contribution < 1.29 is 17.9 Å². The molecule has 12 heteroatoms. The number of benzene rings is 1. The third-order valence-corrected chi connectivity index (χ3v) is 9.54. The highest BCUT2D eigenvalue weighted by atomic mass is 79.9. The third-order valence-electron chi connectivity index (χ3n) is 7.28. The van der Waals surface area contributed by atoms with Crippen molar-refractivity contribution in [3.63, 3.8) is 0 Å². The Morgan fingerprint density at radius 2 is 1.81 bits per heavy atom. The number of aromatic nitrogens is 3. The molecule has 0 radical (unpaired) electrons. The topological polar surface area (TPSA) is 110 Å². The summed E-state index contributed by atoms with van der Waals surface area (Å²) in [6.45, 7) is 13.8. The van der Waals surface area contributed by atoms with Crippen LogP contribution in [0.3, 0.4) is 0 Å². The van der Waals surface area contributed by atoms with E-state index in [1.165, 1.54) is 10.2 Å². The Balaban J connectivity index is 1.33. The molecule has 0 unspecified atom stereocenters. The lowest BCUT2D eigenvalue weighted by Gasteiger charge is -2.47. The summed E-state index contributed by atoms with van der Waals surface area (Å²) >= 11 is 3.55. The van der Waals surface area contributed by atoms with Crippen LogP contribution in [0.2, 0.25) is 0 Å². The van der Waals surface area contributed by atoms with Gasteiger partial charge >= 0.3 is 6.09 Å². The lowest BCUT2D eigenvalue weighted by molar-refractivity contribution is 0.000303. The molecule has 1 aliphatic heterocycles. The Kier molecular flexibility index (Phi) is 8.21. The van der Waals surface area contributed by atoms with E-state index in [9.17, 15) is 13.2 Å². The Morgan fingerprint density at radius 1 is 1.09 bits per heavy atom. The second kappa shape index (κ2) is 11.5. The summed E-state index contributed by atoms with van der Waals surface area (Å²) in [6, 6.07) is 14.5. The number of hydrogen-bond acceptors (Lipinski definition) is 8. The number of carbonyl (C=O) groups excluding carboxylic acids is 1. The van der Waals surface area contributed by atoms with Crippen LogP contribution >= 0.6 is 15.9 Å². The third kappa shape index (κ3) is 6.50. The average molecular weight is 670 g/mol. The fourth-order valence-corrected chi connectivity index (χ4v) is 7.22. The lowest BCUT2D eigenvalue weighted by Crippen LogP contribution is -2.62. The summed E-state index contributed by atoms with van der Waals surface area (Å²) in [6.07, 6.45) is 2.82. The number of piperazine rings is 1. The molecular formula is C31H37BrN6O4S. The van der Waals surface area contributed by atoms with E-state index in [0.29, 0.717) is 41.7 Å². The second-order valence-electron chi connectivity index (χ2n) is 12.4. The van der Waals surface area contributed by atoms with Gasteiger partial charge in [-0.2, -0.15) is 0 Å². The van der Waals surface area contributed by atoms with Crippen LogP contribution in [0.1, 0.15) is 45.9 Å². The largest absolute Gasteiger partial charge is 0.444 e. The quantitative estimate of drug-likeness (QED) is 0.259. The maximum Gasteiger partial charge on any atom is 0.410 e. The van der Waals surface area contributed by atoms with E-state index in [2.05, 4.69) is 31.1 Å². The van der Waals surface area contributed by atoms with Crippen LogP contribution in [0, 0.1) is 6.92 Å². The van der Waals surface area contributed by atoms with Crippen molar-refractivity contribution in [2.45, 2.75) is 64.1 Å². The number of fused-ring (bicyclic) bond motifs is 1.